The average molecular weight is 529 g/mol. The lowest BCUT2D eigenvalue weighted by atomic mass is 9.37. The summed E-state index contributed by atoms with van der Waals surface area (Å²) in [6.07, 6.45) is 8.63. The highest BCUT2D eigenvalue weighted by Crippen LogP contribution is 2.75. The highest BCUT2D eigenvalue weighted by atomic mass is 16.2. The second kappa shape index (κ2) is 8.94. The summed E-state index contributed by atoms with van der Waals surface area (Å²) < 4.78 is 0. The molecule has 0 N–H and O–H groups in total. The van der Waals surface area contributed by atoms with Gasteiger partial charge in [0, 0.05) is 5.56 Å². The zero-order valence-corrected chi connectivity index (χ0v) is 24.8. The largest absolute Gasteiger partial charge is 0.297 e. The summed E-state index contributed by atoms with van der Waals surface area (Å²) in [5.41, 5.74) is -2.75. The lowest BCUT2D eigenvalue weighted by molar-refractivity contribution is -0.181. The van der Waals surface area contributed by atoms with E-state index in [1.807, 2.05) is 19.9 Å². The van der Waals surface area contributed by atoms with E-state index in [9.17, 15) is 14.4 Å². The standard InChI is InChI=1S/C35H44O4/c1-22(2)12-11-13-23(3)16-17-33-21-25-20-26-31(4,5)18-19-34(26,28(33)37)30(39)35(29(33)38,32(25,6)7)27(36)24-14-9-8-10-15-24/h8-10,12,14-16,25-26H,11,13,17-21H2,1-7H3/t25-,26-,33-,34+,35-/m1/s1. The van der Waals surface area contributed by atoms with Gasteiger partial charge in [0.25, 0.3) is 0 Å². The first kappa shape index (κ1) is 27.9. The molecular weight excluding hydrogens is 484 g/mol. The minimum atomic E-state index is -1.84. The molecule has 4 nitrogen and oxygen atoms in total. The van der Waals surface area contributed by atoms with Gasteiger partial charge >= 0.3 is 0 Å². The van der Waals surface area contributed by atoms with E-state index in [-0.39, 0.29) is 35.2 Å². The van der Waals surface area contributed by atoms with E-state index in [1.54, 1.807) is 24.3 Å². The van der Waals surface area contributed by atoms with Gasteiger partial charge in [-0.15, -0.1) is 0 Å². The van der Waals surface area contributed by atoms with Crippen molar-refractivity contribution in [3.63, 3.8) is 0 Å². The van der Waals surface area contributed by atoms with E-state index in [1.165, 1.54) is 5.57 Å². The number of rotatable bonds is 7. The molecule has 0 heterocycles. The van der Waals surface area contributed by atoms with E-state index in [0.29, 0.717) is 24.8 Å². The van der Waals surface area contributed by atoms with Crippen LogP contribution in [0.1, 0.15) is 104 Å². The number of carbonyl (C=O) groups excluding carboxylic acids is 4. The van der Waals surface area contributed by atoms with Crippen LogP contribution in [-0.2, 0) is 14.4 Å². The molecule has 5 aliphatic carbocycles. The van der Waals surface area contributed by atoms with Crippen molar-refractivity contribution in [2.24, 2.45) is 38.9 Å². The Bertz CT molecular complexity index is 1310. The zero-order valence-electron chi connectivity index (χ0n) is 24.8. The van der Waals surface area contributed by atoms with E-state index < -0.39 is 33.2 Å². The summed E-state index contributed by atoms with van der Waals surface area (Å²) in [6.45, 7) is 14.5. The summed E-state index contributed by atoms with van der Waals surface area (Å²) in [5.74, 6) is -1.63. The molecule has 208 valence electrons. The molecule has 1 aromatic rings. The van der Waals surface area contributed by atoms with Crippen LogP contribution in [0.25, 0.3) is 0 Å². The van der Waals surface area contributed by atoms with Gasteiger partial charge in [0.2, 0.25) is 0 Å². The number of hydrogen-bond donors (Lipinski definition) is 0. The van der Waals surface area contributed by atoms with E-state index >= 15 is 4.79 Å². The van der Waals surface area contributed by atoms with Crippen molar-refractivity contribution in [2.45, 2.75) is 93.4 Å². The van der Waals surface area contributed by atoms with Crippen molar-refractivity contribution >= 4 is 23.1 Å². The van der Waals surface area contributed by atoms with Gasteiger partial charge in [0.15, 0.2) is 28.5 Å². The molecule has 4 heteroatoms. The lowest BCUT2D eigenvalue weighted by Gasteiger charge is -2.60. The number of allylic oxidation sites excluding steroid dienone is 4. The van der Waals surface area contributed by atoms with Crippen molar-refractivity contribution in [3.05, 3.63) is 59.2 Å². The monoisotopic (exact) mass is 528 g/mol. The van der Waals surface area contributed by atoms with Crippen LogP contribution in [0, 0.1) is 38.9 Å². The molecule has 0 aromatic heterocycles. The van der Waals surface area contributed by atoms with Gasteiger partial charge in [-0.25, -0.2) is 0 Å². The second-order valence-corrected chi connectivity index (χ2v) is 14.5. The van der Waals surface area contributed by atoms with Crippen molar-refractivity contribution in [1.29, 1.82) is 0 Å². The van der Waals surface area contributed by atoms with Crippen LogP contribution in [0.2, 0.25) is 0 Å². The molecule has 39 heavy (non-hydrogen) atoms. The third-order valence-corrected chi connectivity index (χ3v) is 11.4. The predicted molar refractivity (Wildman–Crippen MR) is 153 cm³/mol. The van der Waals surface area contributed by atoms with Gasteiger partial charge in [0.1, 0.15) is 0 Å². The maximum absolute atomic E-state index is 15.1. The molecule has 1 spiro atoms. The molecule has 0 radical (unpaired) electrons. The van der Waals surface area contributed by atoms with Gasteiger partial charge in [-0.1, -0.05) is 81.3 Å². The van der Waals surface area contributed by atoms with Crippen molar-refractivity contribution in [3.8, 4) is 0 Å². The zero-order chi connectivity index (χ0) is 28.6. The maximum atomic E-state index is 15.1. The Balaban J connectivity index is 1.73. The highest BCUT2D eigenvalue weighted by molar-refractivity contribution is 6.42. The fraction of sp³-hybridized carbons (Fsp3) is 0.600. The molecule has 0 saturated heterocycles. The summed E-state index contributed by atoms with van der Waals surface area (Å²) in [7, 11) is 0. The third kappa shape index (κ3) is 3.48. The van der Waals surface area contributed by atoms with Crippen LogP contribution in [0.5, 0.6) is 0 Å². The summed E-state index contributed by atoms with van der Waals surface area (Å²) in [5, 5.41) is 0. The van der Waals surface area contributed by atoms with Crippen LogP contribution in [-0.4, -0.2) is 23.1 Å². The van der Waals surface area contributed by atoms with Gasteiger partial charge in [0.05, 0.1) is 10.8 Å². The first-order valence-corrected chi connectivity index (χ1v) is 14.7. The number of ketones is 4. The molecule has 6 rings (SSSR count). The van der Waals surface area contributed by atoms with Crippen LogP contribution >= 0.6 is 0 Å². The molecule has 0 amide bonds. The van der Waals surface area contributed by atoms with Gasteiger partial charge < -0.3 is 0 Å². The lowest BCUT2D eigenvalue weighted by Crippen LogP contribution is -2.75. The number of benzene rings is 1. The van der Waals surface area contributed by atoms with Crippen LogP contribution in [0.3, 0.4) is 0 Å². The number of hydrogen-bond acceptors (Lipinski definition) is 4. The Morgan fingerprint density at radius 2 is 1.56 bits per heavy atom. The third-order valence-electron chi connectivity index (χ3n) is 11.4. The first-order chi connectivity index (χ1) is 18.2. The second-order valence-electron chi connectivity index (χ2n) is 14.5. The number of carbonyl (C=O) groups is 4. The van der Waals surface area contributed by atoms with Crippen LogP contribution in [0.4, 0.5) is 0 Å². The van der Waals surface area contributed by atoms with Crippen LogP contribution in [0.15, 0.2) is 53.6 Å². The summed E-state index contributed by atoms with van der Waals surface area (Å²) in [6, 6.07) is 8.82. The van der Waals surface area contributed by atoms with E-state index in [4.69, 9.17) is 0 Å². The van der Waals surface area contributed by atoms with Gasteiger partial charge in [-0.05, 0) is 88.4 Å². The Hall–Kier alpha value is -2.62. The van der Waals surface area contributed by atoms with E-state index in [0.717, 1.165) is 24.8 Å². The van der Waals surface area contributed by atoms with Crippen molar-refractivity contribution < 1.29 is 19.2 Å². The Morgan fingerprint density at radius 3 is 2.21 bits per heavy atom. The smallest absolute Gasteiger partial charge is 0.184 e. The number of Topliss-reactive ketones (excluding diaryl/α,β-unsaturated/α-hetero) is 4. The van der Waals surface area contributed by atoms with Gasteiger partial charge in [-0.3, -0.25) is 19.2 Å². The first-order valence-electron chi connectivity index (χ1n) is 14.7. The predicted octanol–water partition coefficient (Wildman–Crippen LogP) is 7.52. The minimum absolute atomic E-state index is 0.0816. The highest BCUT2D eigenvalue weighted by Gasteiger charge is 2.85. The molecule has 5 fully saturated rings. The molecular formula is C35H44O4. The molecule has 0 aliphatic heterocycles. The molecule has 5 saturated carbocycles. The Kier molecular flexibility index (Phi) is 6.40. The fourth-order valence-electron chi connectivity index (χ4n) is 9.06. The van der Waals surface area contributed by atoms with Crippen molar-refractivity contribution in [1.82, 2.24) is 0 Å². The Morgan fingerprint density at radius 1 is 0.897 bits per heavy atom. The SMILES string of the molecule is CC(C)=CCCC(C)=CC[C@@]12C[C@H]3C[C@@H]4C(C)(C)CC[C@]4(C1=O)C(=O)[C@@](C(=O)c1ccccc1)(C2=O)C3(C)C. The molecule has 5 atom stereocenters. The fourth-order valence-corrected chi connectivity index (χ4v) is 9.06. The quantitative estimate of drug-likeness (QED) is 0.208. The molecule has 5 aliphatic rings. The van der Waals surface area contributed by atoms with Gasteiger partial charge in [-0.2, -0.15) is 0 Å². The van der Waals surface area contributed by atoms with E-state index in [2.05, 4.69) is 46.8 Å². The average Bonchev–Trinajstić information content (AvgIpc) is 3.06. The minimum Gasteiger partial charge on any atom is -0.297 e. The topological polar surface area (TPSA) is 68.3 Å². The summed E-state index contributed by atoms with van der Waals surface area (Å²) in [4.78, 5) is 59.6. The van der Waals surface area contributed by atoms with Crippen molar-refractivity contribution in [2.75, 3.05) is 0 Å². The summed E-state index contributed by atoms with van der Waals surface area (Å²) >= 11 is 0. The maximum Gasteiger partial charge on any atom is 0.184 e. The Labute approximate surface area is 233 Å². The molecule has 0 unspecified atom stereocenters. The molecule has 1 aromatic carbocycles. The normalized spacial score (nSPS) is 36.1. The molecule has 4 bridgehead atoms. The van der Waals surface area contributed by atoms with Crippen LogP contribution < -0.4 is 0 Å².